The van der Waals surface area contributed by atoms with Crippen LogP contribution < -0.4 is 10.6 Å². The number of nitrogens with zero attached hydrogens (tertiary/aromatic N) is 1. The fourth-order valence-corrected chi connectivity index (χ4v) is 8.43. The molecule has 0 spiro atoms. The molecule has 8 unspecified atom stereocenters. The number of amides is 2. The summed E-state index contributed by atoms with van der Waals surface area (Å²) in [6.45, 7) is 0.827. The molecular weight excluding hydrogens is 914 g/mol. The number of carboxylic acids is 2. The summed E-state index contributed by atoms with van der Waals surface area (Å²) in [7, 11) is -11.0. The molecule has 360 valence electrons. The van der Waals surface area contributed by atoms with Crippen LogP contribution in [0.2, 0.25) is 0 Å². The molecule has 0 saturated carbocycles. The van der Waals surface area contributed by atoms with E-state index >= 15 is 0 Å². The molecule has 5 aliphatic rings. The Balaban J connectivity index is 1.54. The summed E-state index contributed by atoms with van der Waals surface area (Å²) < 4.78 is 121. The molecule has 4 saturated heterocycles. The molecule has 2 amide bonds. The number of aliphatic imine (C=N–C) groups is 1. The third kappa shape index (κ3) is 11.7. The van der Waals surface area contributed by atoms with Crippen molar-refractivity contribution in [3.8, 4) is 0 Å². The van der Waals surface area contributed by atoms with Gasteiger partial charge in [-0.2, -0.15) is 16.8 Å². The second kappa shape index (κ2) is 20.0. The number of hydrogen-bond donors (Lipinski definition) is 12. The van der Waals surface area contributed by atoms with Crippen molar-refractivity contribution in [3.63, 3.8) is 0 Å². The molecule has 33 heteroatoms. The largest absolute Gasteiger partial charge is 0.479 e. The zero-order valence-corrected chi connectivity index (χ0v) is 34.2. The number of ether oxygens (including phenoxy) is 8. The average Bonchev–Trinajstić information content (AvgIpc) is 3.54. The Kier molecular flexibility index (Phi) is 16.0. The van der Waals surface area contributed by atoms with Crippen molar-refractivity contribution in [2.75, 3.05) is 13.2 Å². The first-order valence-electron chi connectivity index (χ1n) is 18.3. The molecule has 0 radical (unpaired) electrons. The molecule has 0 aromatic rings. The minimum absolute atomic E-state index is 0.0587. The van der Waals surface area contributed by atoms with Gasteiger partial charge < -0.3 is 89.4 Å². The van der Waals surface area contributed by atoms with Crippen LogP contribution in [0.1, 0.15) is 20.8 Å². The smallest absolute Gasteiger partial charge is 0.397 e. The van der Waals surface area contributed by atoms with Gasteiger partial charge in [-0.15, -0.1) is 0 Å². The molecule has 5 rings (SSSR count). The molecule has 0 aromatic heterocycles. The maximum Gasteiger partial charge on any atom is 0.397 e. The van der Waals surface area contributed by atoms with E-state index in [1.165, 1.54) is 6.92 Å². The number of fused-ring (bicyclic) bond motifs is 1. The summed E-state index contributed by atoms with van der Waals surface area (Å²) in [5, 5.41) is 87.8. The van der Waals surface area contributed by atoms with E-state index in [0.29, 0.717) is 0 Å². The second-order valence-electron chi connectivity index (χ2n) is 14.4. The highest BCUT2D eigenvalue weighted by Crippen LogP contribution is 2.38. The van der Waals surface area contributed by atoms with Crippen LogP contribution in [-0.2, 0) is 86.2 Å². The average molecular weight is 960 g/mol. The lowest BCUT2D eigenvalue weighted by Gasteiger charge is -2.50. The molecule has 5 aliphatic heterocycles. The van der Waals surface area contributed by atoms with Gasteiger partial charge in [-0.1, -0.05) is 0 Å². The number of aliphatic hydroxyl groups excluding tert-OH is 6. The summed E-state index contributed by atoms with van der Waals surface area (Å²) in [4.78, 5) is 54.0. The first kappa shape index (κ1) is 50.6. The van der Waals surface area contributed by atoms with Gasteiger partial charge in [0.2, 0.25) is 18.1 Å². The lowest BCUT2D eigenvalue weighted by molar-refractivity contribution is -0.357. The summed E-state index contributed by atoms with van der Waals surface area (Å²) in [6.07, 6.45) is -36.8. The zero-order valence-electron chi connectivity index (χ0n) is 32.5. The Morgan fingerprint density at radius 2 is 1.10 bits per heavy atom. The lowest BCUT2D eigenvalue weighted by atomic mass is 9.93. The normalized spacial score (nSPS) is 42.0. The maximum absolute atomic E-state index is 12.9. The monoisotopic (exact) mass is 959 g/mol. The number of carbonyl (C=O) groups excluding carboxylic acids is 2. The van der Waals surface area contributed by atoms with Crippen LogP contribution in [0.5, 0.6) is 0 Å². The van der Waals surface area contributed by atoms with Crippen molar-refractivity contribution in [2.24, 2.45) is 4.99 Å². The van der Waals surface area contributed by atoms with E-state index in [-0.39, 0.29) is 5.90 Å². The van der Waals surface area contributed by atoms with E-state index in [0.717, 1.165) is 13.8 Å². The molecule has 12 N–H and O–H groups in total. The van der Waals surface area contributed by atoms with Crippen LogP contribution >= 0.6 is 0 Å². The molecular formula is C30H45N3O28S2. The van der Waals surface area contributed by atoms with Crippen LogP contribution in [0, 0.1) is 0 Å². The number of hydrogen-bond acceptors (Lipinski definition) is 25. The fourth-order valence-electron chi connectivity index (χ4n) is 7.40. The highest BCUT2D eigenvalue weighted by Gasteiger charge is 2.60. The van der Waals surface area contributed by atoms with Crippen LogP contribution in [0.15, 0.2) is 4.99 Å². The molecule has 20 atom stereocenters. The Morgan fingerprint density at radius 3 is 1.62 bits per heavy atom. The van der Waals surface area contributed by atoms with E-state index in [1.54, 1.807) is 0 Å². The maximum atomic E-state index is 12.9. The highest BCUT2D eigenvalue weighted by atomic mass is 32.3. The molecule has 63 heavy (non-hydrogen) atoms. The minimum Gasteiger partial charge on any atom is -0.479 e. The fraction of sp³-hybridized carbons (Fsp3) is 0.833. The predicted octanol–water partition coefficient (Wildman–Crippen LogP) is -8.16. The van der Waals surface area contributed by atoms with Gasteiger partial charge in [-0.05, 0) is 0 Å². The molecule has 0 bridgehead atoms. The number of aliphatic carboxylic acids is 2. The van der Waals surface area contributed by atoms with Gasteiger partial charge in [0.25, 0.3) is 0 Å². The summed E-state index contributed by atoms with van der Waals surface area (Å²) in [5.74, 6) is -5.92. The first-order valence-corrected chi connectivity index (χ1v) is 21.0. The number of carboxylic acid groups (broad SMARTS) is 2. The van der Waals surface area contributed by atoms with Crippen molar-refractivity contribution in [2.45, 2.75) is 143 Å². The lowest BCUT2D eigenvalue weighted by Crippen LogP contribution is -2.72. The van der Waals surface area contributed by atoms with Crippen molar-refractivity contribution in [1.82, 2.24) is 10.6 Å². The Bertz CT molecular complexity index is 1940. The van der Waals surface area contributed by atoms with Crippen molar-refractivity contribution < 1.29 is 132 Å². The molecule has 31 nitrogen and oxygen atoms in total. The van der Waals surface area contributed by atoms with Crippen LogP contribution in [-0.4, -0.2) is 232 Å². The van der Waals surface area contributed by atoms with Crippen LogP contribution in [0.4, 0.5) is 0 Å². The topological polar surface area (TPSA) is 468 Å². The third-order valence-electron chi connectivity index (χ3n) is 9.95. The Hall–Kier alpha value is -3.43. The van der Waals surface area contributed by atoms with E-state index in [2.05, 4.69) is 19.8 Å². The SMILES string of the molecule is CC(=O)NC1[C@H](O[C@@H]2C3N=C(C)O[C@@H]3OC(CO)[C@@H]2OS(=O)(=O)O)OC(C(=O)O)[C@H](O[C@@H]2OC(CO)[C@H](OS(=O)(=O)O)[C@H](O[C@@H]3OC(C(=O)O)[C@H](O)[C@H](O)C3O)C2NC(C)=O)[C@@H]1O. The Morgan fingerprint density at radius 1 is 0.619 bits per heavy atom. The van der Waals surface area contributed by atoms with Gasteiger partial charge in [0.15, 0.2) is 37.0 Å². The molecule has 4 fully saturated rings. The van der Waals surface area contributed by atoms with E-state index in [1.807, 2.05) is 0 Å². The van der Waals surface area contributed by atoms with Crippen molar-refractivity contribution in [3.05, 3.63) is 0 Å². The van der Waals surface area contributed by atoms with E-state index in [9.17, 15) is 86.0 Å². The summed E-state index contributed by atoms with van der Waals surface area (Å²) in [6, 6.07) is -5.47. The third-order valence-corrected chi connectivity index (χ3v) is 10.9. The van der Waals surface area contributed by atoms with Gasteiger partial charge in [-0.25, -0.2) is 22.9 Å². The summed E-state index contributed by atoms with van der Waals surface area (Å²) in [5.41, 5.74) is 0. The number of nitrogens with one attached hydrogen (secondary N) is 2. The van der Waals surface area contributed by atoms with Crippen LogP contribution in [0.25, 0.3) is 0 Å². The first-order chi connectivity index (χ1) is 29.2. The molecule has 5 heterocycles. The quantitative estimate of drug-likeness (QED) is 0.0639. The van der Waals surface area contributed by atoms with Crippen LogP contribution in [0.3, 0.4) is 0 Å². The van der Waals surface area contributed by atoms with Gasteiger partial charge in [-0.3, -0.25) is 18.7 Å². The number of aliphatic hydroxyl groups is 6. The van der Waals surface area contributed by atoms with Crippen molar-refractivity contribution >= 4 is 50.4 Å². The highest BCUT2D eigenvalue weighted by molar-refractivity contribution is 7.81. The zero-order chi connectivity index (χ0) is 47.0. The van der Waals surface area contributed by atoms with Crippen molar-refractivity contribution in [1.29, 1.82) is 0 Å². The van der Waals surface area contributed by atoms with Gasteiger partial charge in [0, 0.05) is 20.8 Å². The van der Waals surface area contributed by atoms with Gasteiger partial charge >= 0.3 is 32.7 Å². The predicted molar refractivity (Wildman–Crippen MR) is 189 cm³/mol. The van der Waals surface area contributed by atoms with Gasteiger partial charge in [0.1, 0.15) is 85.3 Å². The molecule has 0 aromatic carbocycles. The Labute approximate surface area is 354 Å². The van der Waals surface area contributed by atoms with E-state index in [4.69, 9.17) is 42.1 Å². The molecule has 0 aliphatic carbocycles. The number of carbonyl (C=O) groups is 4. The van der Waals surface area contributed by atoms with E-state index < -0.39 is 180 Å². The number of rotatable bonds is 16. The van der Waals surface area contributed by atoms with Gasteiger partial charge in [0.05, 0.1) is 13.2 Å². The summed E-state index contributed by atoms with van der Waals surface area (Å²) >= 11 is 0. The second-order valence-corrected chi connectivity index (χ2v) is 16.5. The minimum atomic E-state index is -5.59. The standard InChI is InChI=1S/C30H45N3O28S2/c1-6(36)31-11-14(38)22(24(26(44)45)59-27(11)55-21-13-28(52-8(3)33-13)53-9(4-34)19(21)61-63(49,50)51)57-29-12(32-7(2)37)20(18(10(5-35)54-29)60-62(46,47)48)56-30-17(41)15(39)16(40)23(58-30)25(42)43/h9-24,27-30,34-35,38-41H,4-5H2,1-3H3,(H,31,36)(H,32,37)(H,42,43)(H,44,45)(H,46,47,48)(H,49,50,51)/t9?,10?,11?,12?,13?,14-,15+,16-,17?,18+,19+,20-,21-,22-,23?,24?,27-,28-,29+,30-/m1/s1.